The van der Waals surface area contributed by atoms with Gasteiger partial charge in [-0.2, -0.15) is 0 Å². The van der Waals surface area contributed by atoms with E-state index in [0.29, 0.717) is 11.3 Å². The summed E-state index contributed by atoms with van der Waals surface area (Å²) in [5.41, 5.74) is 1.07. The highest BCUT2D eigenvalue weighted by molar-refractivity contribution is 7.09. The van der Waals surface area contributed by atoms with E-state index in [0.717, 1.165) is 5.01 Å². The van der Waals surface area contributed by atoms with Gasteiger partial charge >= 0.3 is 6.36 Å². The lowest BCUT2D eigenvalue weighted by Crippen LogP contribution is -2.22. The zero-order chi connectivity index (χ0) is 14.8. The van der Waals surface area contributed by atoms with Crippen LogP contribution in [-0.2, 0) is 0 Å². The van der Waals surface area contributed by atoms with Crippen molar-refractivity contribution in [3.8, 4) is 5.75 Å². The first-order chi connectivity index (χ1) is 9.40. The number of nitrogens with zero attached hydrogens (tertiary/aromatic N) is 1. The zero-order valence-corrected chi connectivity index (χ0v) is 11.7. The molecule has 0 saturated carbocycles. The molecule has 0 spiro atoms. The van der Waals surface area contributed by atoms with Crippen LogP contribution in [0.2, 0.25) is 0 Å². The van der Waals surface area contributed by atoms with Crippen molar-refractivity contribution in [3.63, 3.8) is 0 Å². The van der Waals surface area contributed by atoms with Gasteiger partial charge in [-0.1, -0.05) is 18.2 Å². The van der Waals surface area contributed by atoms with Crippen LogP contribution in [-0.4, -0.2) is 18.4 Å². The molecule has 1 aromatic heterocycles. The van der Waals surface area contributed by atoms with Gasteiger partial charge in [-0.25, -0.2) is 4.98 Å². The molecule has 0 bridgehead atoms. The van der Waals surface area contributed by atoms with Gasteiger partial charge < -0.3 is 10.1 Å². The molecule has 1 aromatic carbocycles. The summed E-state index contributed by atoms with van der Waals surface area (Å²) in [5, 5.41) is 5.65. The summed E-state index contributed by atoms with van der Waals surface area (Å²) < 4.78 is 41.4. The van der Waals surface area contributed by atoms with Crippen molar-refractivity contribution in [2.45, 2.75) is 19.3 Å². The Bertz CT molecular complexity index is 583. The average Bonchev–Trinajstić information content (AvgIpc) is 2.77. The number of thiazole rings is 1. The molecule has 1 unspecified atom stereocenters. The van der Waals surface area contributed by atoms with Gasteiger partial charge in [0.1, 0.15) is 5.75 Å². The molecular weight excluding hydrogens is 289 g/mol. The fraction of sp³-hybridized carbons (Fsp3) is 0.308. The Morgan fingerprint density at radius 3 is 2.55 bits per heavy atom. The fourth-order valence-corrected chi connectivity index (χ4v) is 2.55. The monoisotopic (exact) mass is 302 g/mol. The Balaban J connectivity index is 2.39. The second kappa shape index (κ2) is 5.80. The second-order valence-corrected chi connectivity index (χ2v) is 5.16. The van der Waals surface area contributed by atoms with Crippen LogP contribution in [0, 0.1) is 6.92 Å². The zero-order valence-electron chi connectivity index (χ0n) is 10.9. The Hall–Kier alpha value is -1.60. The van der Waals surface area contributed by atoms with Gasteiger partial charge in [0.05, 0.1) is 16.7 Å². The molecule has 0 fully saturated rings. The first-order valence-electron chi connectivity index (χ1n) is 5.84. The average molecular weight is 302 g/mol. The van der Waals surface area contributed by atoms with Crippen molar-refractivity contribution < 1.29 is 17.9 Å². The largest absolute Gasteiger partial charge is 0.573 e. The number of aryl methyl sites for hydroxylation is 1. The molecule has 0 aliphatic carbocycles. The number of halogens is 3. The SMILES string of the molecule is CNC(c1csc(C)n1)c1ccccc1OC(F)(F)F. The molecule has 1 N–H and O–H groups in total. The van der Waals surface area contributed by atoms with Crippen molar-refractivity contribution >= 4 is 11.3 Å². The Morgan fingerprint density at radius 1 is 1.30 bits per heavy atom. The van der Waals surface area contributed by atoms with Crippen LogP contribution in [0.3, 0.4) is 0 Å². The van der Waals surface area contributed by atoms with Gasteiger partial charge in [-0.15, -0.1) is 24.5 Å². The lowest BCUT2D eigenvalue weighted by atomic mass is 10.0. The van der Waals surface area contributed by atoms with Crippen molar-refractivity contribution in [2.24, 2.45) is 0 Å². The summed E-state index contributed by atoms with van der Waals surface area (Å²) in [5.74, 6) is -0.218. The number of ether oxygens (including phenoxy) is 1. The van der Waals surface area contributed by atoms with E-state index >= 15 is 0 Å². The minimum absolute atomic E-state index is 0.218. The minimum Gasteiger partial charge on any atom is -0.405 e. The first kappa shape index (κ1) is 14.8. The molecule has 0 aliphatic rings. The molecule has 20 heavy (non-hydrogen) atoms. The summed E-state index contributed by atoms with van der Waals surface area (Å²) >= 11 is 1.45. The molecule has 2 aromatic rings. The number of nitrogens with one attached hydrogen (secondary N) is 1. The van der Waals surface area contributed by atoms with E-state index in [2.05, 4.69) is 15.0 Å². The number of aromatic nitrogens is 1. The topological polar surface area (TPSA) is 34.2 Å². The third kappa shape index (κ3) is 3.49. The maximum atomic E-state index is 12.4. The van der Waals surface area contributed by atoms with Gasteiger partial charge in [0.25, 0.3) is 0 Å². The van der Waals surface area contributed by atoms with Crippen LogP contribution in [0.25, 0.3) is 0 Å². The number of alkyl halides is 3. The second-order valence-electron chi connectivity index (χ2n) is 4.10. The van der Waals surface area contributed by atoms with Crippen LogP contribution in [0.15, 0.2) is 29.6 Å². The number of rotatable bonds is 4. The quantitative estimate of drug-likeness (QED) is 0.936. The van der Waals surface area contributed by atoms with E-state index in [1.54, 1.807) is 19.2 Å². The maximum Gasteiger partial charge on any atom is 0.573 e. The van der Waals surface area contributed by atoms with Crippen molar-refractivity contribution in [1.29, 1.82) is 0 Å². The Kier molecular flexibility index (Phi) is 4.29. The Morgan fingerprint density at radius 2 is 2.00 bits per heavy atom. The van der Waals surface area contributed by atoms with Crippen LogP contribution < -0.4 is 10.1 Å². The lowest BCUT2D eigenvalue weighted by Gasteiger charge is -2.19. The van der Waals surface area contributed by atoms with E-state index in [1.165, 1.54) is 23.5 Å². The van der Waals surface area contributed by atoms with Gasteiger partial charge in [0.2, 0.25) is 0 Å². The van der Waals surface area contributed by atoms with Gasteiger partial charge in [-0.3, -0.25) is 0 Å². The van der Waals surface area contributed by atoms with Crippen molar-refractivity contribution in [2.75, 3.05) is 7.05 Å². The maximum absolute atomic E-state index is 12.4. The third-order valence-corrected chi connectivity index (χ3v) is 3.47. The first-order valence-corrected chi connectivity index (χ1v) is 6.72. The summed E-state index contributed by atoms with van der Waals surface area (Å²) in [6, 6.07) is 5.62. The van der Waals surface area contributed by atoms with Crippen LogP contribution in [0.4, 0.5) is 13.2 Å². The van der Waals surface area contributed by atoms with Crippen LogP contribution in [0.5, 0.6) is 5.75 Å². The molecule has 0 radical (unpaired) electrons. The van der Waals surface area contributed by atoms with Crippen LogP contribution in [0.1, 0.15) is 22.3 Å². The number of para-hydroxylation sites is 1. The van der Waals surface area contributed by atoms with Gasteiger partial charge in [0, 0.05) is 10.9 Å². The van der Waals surface area contributed by atoms with Crippen molar-refractivity contribution in [3.05, 3.63) is 45.9 Å². The smallest absolute Gasteiger partial charge is 0.405 e. The molecule has 0 amide bonds. The summed E-state index contributed by atoms with van der Waals surface area (Å²) in [4.78, 5) is 4.32. The number of hydrogen-bond donors (Lipinski definition) is 1. The molecule has 0 saturated heterocycles. The number of benzene rings is 1. The predicted molar refractivity (Wildman–Crippen MR) is 70.9 cm³/mol. The molecule has 1 heterocycles. The van der Waals surface area contributed by atoms with Gasteiger partial charge in [-0.05, 0) is 20.0 Å². The van der Waals surface area contributed by atoms with E-state index in [4.69, 9.17) is 0 Å². The lowest BCUT2D eigenvalue weighted by molar-refractivity contribution is -0.275. The summed E-state index contributed by atoms with van der Waals surface area (Å²) in [6.07, 6.45) is -4.72. The fourth-order valence-electron chi connectivity index (χ4n) is 1.91. The number of hydrogen-bond acceptors (Lipinski definition) is 4. The Labute approximate surface area is 118 Å². The normalized spacial score (nSPS) is 13.2. The molecule has 3 nitrogen and oxygen atoms in total. The van der Waals surface area contributed by atoms with E-state index in [1.807, 2.05) is 12.3 Å². The standard InChI is InChI=1S/C13H13F3N2OS/c1-8-18-10(7-20-8)12(17-2)9-5-3-4-6-11(9)19-13(14,15)16/h3-7,12,17H,1-2H3. The van der Waals surface area contributed by atoms with E-state index < -0.39 is 12.4 Å². The summed E-state index contributed by atoms with van der Waals surface area (Å²) in [7, 11) is 1.67. The highest BCUT2D eigenvalue weighted by atomic mass is 32.1. The predicted octanol–water partition coefficient (Wildman–Crippen LogP) is 3.66. The highest BCUT2D eigenvalue weighted by Crippen LogP contribution is 2.33. The minimum atomic E-state index is -4.72. The third-order valence-electron chi connectivity index (χ3n) is 2.68. The molecule has 0 aliphatic heterocycles. The van der Waals surface area contributed by atoms with E-state index in [9.17, 15) is 13.2 Å². The van der Waals surface area contributed by atoms with Crippen molar-refractivity contribution in [1.82, 2.24) is 10.3 Å². The molecule has 7 heteroatoms. The highest BCUT2D eigenvalue weighted by Gasteiger charge is 2.33. The molecule has 1 atom stereocenters. The summed E-state index contributed by atoms with van der Waals surface area (Å²) in [6.45, 7) is 1.85. The molecule has 2 rings (SSSR count). The van der Waals surface area contributed by atoms with Crippen LogP contribution >= 0.6 is 11.3 Å². The molecular formula is C13H13F3N2OS. The van der Waals surface area contributed by atoms with E-state index in [-0.39, 0.29) is 5.75 Å². The van der Waals surface area contributed by atoms with Gasteiger partial charge in [0.15, 0.2) is 0 Å². The molecule has 108 valence electrons.